The average Bonchev–Trinajstić information content (AvgIpc) is 2.64. The van der Waals surface area contributed by atoms with Crippen LogP contribution >= 0.6 is 11.6 Å². The molecule has 1 N–H and O–H groups in total. The maximum Gasteiger partial charge on any atom is 0.242 e. The largest absolute Gasteiger partial charge is 0.357 e. The van der Waals surface area contributed by atoms with Gasteiger partial charge >= 0.3 is 0 Å². The molecule has 0 aliphatic rings. The fraction of sp³-hybridized carbons (Fsp3) is 0.300. The van der Waals surface area contributed by atoms with Gasteiger partial charge in [-0.15, -0.1) is 0 Å². The molecular weight excluding hydrogens is 355 g/mol. The Hall–Kier alpha value is -2.40. The van der Waals surface area contributed by atoms with Crippen molar-refractivity contribution in [3.63, 3.8) is 0 Å². The van der Waals surface area contributed by atoms with Crippen LogP contribution in [0.5, 0.6) is 0 Å². The Bertz CT molecular complexity index is 747. The molecule has 138 valence electrons. The predicted molar refractivity (Wildman–Crippen MR) is 100 cm³/mol. The van der Waals surface area contributed by atoms with E-state index in [2.05, 4.69) is 5.32 Å². The van der Waals surface area contributed by atoms with E-state index in [-0.39, 0.29) is 30.6 Å². The fourth-order valence-electron chi connectivity index (χ4n) is 2.75. The van der Waals surface area contributed by atoms with Gasteiger partial charge < -0.3 is 10.2 Å². The van der Waals surface area contributed by atoms with Crippen LogP contribution in [0.1, 0.15) is 24.5 Å². The van der Waals surface area contributed by atoms with Gasteiger partial charge in [0.1, 0.15) is 11.9 Å². The quantitative estimate of drug-likeness (QED) is 0.803. The first-order chi connectivity index (χ1) is 12.4. The first-order valence-electron chi connectivity index (χ1n) is 8.44. The van der Waals surface area contributed by atoms with Gasteiger partial charge in [0.25, 0.3) is 0 Å². The van der Waals surface area contributed by atoms with Gasteiger partial charge in [0.2, 0.25) is 11.8 Å². The third-order valence-corrected chi connectivity index (χ3v) is 4.42. The summed E-state index contributed by atoms with van der Waals surface area (Å²) in [5.74, 6) is -0.739. The molecule has 6 heteroatoms. The summed E-state index contributed by atoms with van der Waals surface area (Å²) in [6.07, 6.45) is 0.638. The minimum atomic E-state index is -0.593. The Morgan fingerprint density at radius 2 is 1.65 bits per heavy atom. The molecule has 26 heavy (non-hydrogen) atoms. The van der Waals surface area contributed by atoms with Crippen LogP contribution in [0.4, 0.5) is 4.39 Å². The number of nitrogens with zero attached hydrogens (tertiary/aromatic N) is 1. The molecule has 4 nitrogen and oxygen atoms in total. The number of nitrogens with one attached hydrogen (secondary N) is 1. The molecule has 0 aliphatic heterocycles. The van der Waals surface area contributed by atoms with Crippen molar-refractivity contribution in [3.8, 4) is 0 Å². The number of carbonyl (C=O) groups is 2. The van der Waals surface area contributed by atoms with Crippen molar-refractivity contribution in [1.29, 1.82) is 0 Å². The summed E-state index contributed by atoms with van der Waals surface area (Å²) in [7, 11) is 1.55. The van der Waals surface area contributed by atoms with E-state index in [1.807, 2.05) is 6.92 Å². The Morgan fingerprint density at radius 3 is 2.19 bits per heavy atom. The molecule has 0 saturated heterocycles. The van der Waals surface area contributed by atoms with Crippen LogP contribution in [0, 0.1) is 5.82 Å². The van der Waals surface area contributed by atoms with Crippen molar-refractivity contribution in [1.82, 2.24) is 10.2 Å². The zero-order valence-electron chi connectivity index (χ0n) is 14.8. The number of hydrogen-bond donors (Lipinski definition) is 1. The Balaban J connectivity index is 2.25. The molecular formula is C20H22ClFN2O2. The van der Waals surface area contributed by atoms with Crippen LogP contribution in [0.3, 0.4) is 0 Å². The highest BCUT2D eigenvalue weighted by molar-refractivity contribution is 6.30. The summed E-state index contributed by atoms with van der Waals surface area (Å²) >= 11 is 5.89. The summed E-state index contributed by atoms with van der Waals surface area (Å²) in [5.41, 5.74) is 1.58. The molecule has 0 radical (unpaired) electrons. The normalized spacial score (nSPS) is 11.7. The number of amides is 2. The first kappa shape index (κ1) is 19.9. The van der Waals surface area contributed by atoms with Gasteiger partial charge in [-0.1, -0.05) is 42.8 Å². The highest BCUT2D eigenvalue weighted by atomic mass is 35.5. The fourth-order valence-corrected chi connectivity index (χ4v) is 2.88. The highest BCUT2D eigenvalue weighted by Gasteiger charge is 2.27. The summed E-state index contributed by atoms with van der Waals surface area (Å²) in [5, 5.41) is 3.21. The number of halogens is 2. The standard InChI is InChI=1S/C20H22ClFN2O2/c1-3-18(20(26)23-2)24(13-15-6-10-17(22)11-7-15)19(25)12-14-4-8-16(21)9-5-14/h4-11,18H,3,12-13H2,1-2H3,(H,23,26)/t18-/m0/s1. The van der Waals surface area contributed by atoms with Crippen LogP contribution in [0.25, 0.3) is 0 Å². The van der Waals surface area contributed by atoms with Gasteiger partial charge in [0.05, 0.1) is 6.42 Å². The second kappa shape index (κ2) is 9.34. The third kappa shape index (κ3) is 5.30. The smallest absolute Gasteiger partial charge is 0.242 e. The summed E-state index contributed by atoms with van der Waals surface area (Å²) in [4.78, 5) is 26.7. The molecule has 0 bridgehead atoms. The van der Waals surface area contributed by atoms with E-state index in [0.29, 0.717) is 11.4 Å². The van der Waals surface area contributed by atoms with Crippen LogP contribution < -0.4 is 5.32 Å². The van der Waals surface area contributed by atoms with Crippen molar-refractivity contribution >= 4 is 23.4 Å². The number of carbonyl (C=O) groups excluding carboxylic acids is 2. The van der Waals surface area contributed by atoms with Crippen molar-refractivity contribution in [3.05, 3.63) is 70.5 Å². The van der Waals surface area contributed by atoms with Gasteiger partial charge in [-0.2, -0.15) is 0 Å². The van der Waals surface area contributed by atoms with Crippen LogP contribution in [-0.4, -0.2) is 29.8 Å². The molecule has 2 amide bonds. The zero-order chi connectivity index (χ0) is 19.1. The van der Waals surface area contributed by atoms with E-state index in [0.717, 1.165) is 11.1 Å². The number of likely N-dealkylation sites (N-methyl/N-ethyl adjacent to an activating group) is 1. The number of hydrogen-bond acceptors (Lipinski definition) is 2. The third-order valence-electron chi connectivity index (χ3n) is 4.17. The van der Waals surface area contributed by atoms with Gasteiger partial charge in [-0.25, -0.2) is 4.39 Å². The molecule has 0 unspecified atom stereocenters. The lowest BCUT2D eigenvalue weighted by Gasteiger charge is -2.30. The minimum Gasteiger partial charge on any atom is -0.357 e. The van der Waals surface area contributed by atoms with E-state index in [1.165, 1.54) is 12.1 Å². The lowest BCUT2D eigenvalue weighted by molar-refractivity contribution is -0.140. The average molecular weight is 377 g/mol. The lowest BCUT2D eigenvalue weighted by atomic mass is 10.1. The molecule has 0 aliphatic carbocycles. The molecule has 2 aromatic rings. The van der Waals surface area contributed by atoms with Crippen molar-refractivity contribution in [2.45, 2.75) is 32.4 Å². The van der Waals surface area contributed by atoms with E-state index in [9.17, 15) is 14.0 Å². The van der Waals surface area contributed by atoms with Gasteiger partial charge in [-0.05, 0) is 41.8 Å². The van der Waals surface area contributed by atoms with Gasteiger partial charge in [0, 0.05) is 18.6 Å². The highest BCUT2D eigenvalue weighted by Crippen LogP contribution is 2.16. The summed E-state index contributed by atoms with van der Waals surface area (Å²) < 4.78 is 13.2. The molecule has 0 spiro atoms. The molecule has 0 heterocycles. The van der Waals surface area contributed by atoms with E-state index >= 15 is 0 Å². The van der Waals surface area contributed by atoms with Crippen molar-refractivity contribution < 1.29 is 14.0 Å². The Morgan fingerprint density at radius 1 is 1.08 bits per heavy atom. The lowest BCUT2D eigenvalue weighted by Crippen LogP contribution is -2.48. The van der Waals surface area contributed by atoms with Crippen molar-refractivity contribution in [2.75, 3.05) is 7.05 Å². The number of rotatable bonds is 7. The Labute approximate surface area is 158 Å². The van der Waals surface area contributed by atoms with E-state index < -0.39 is 6.04 Å². The molecule has 2 rings (SSSR count). The Kier molecular flexibility index (Phi) is 7.16. The molecule has 0 fully saturated rings. The first-order valence-corrected chi connectivity index (χ1v) is 8.82. The second-order valence-corrected chi connectivity index (χ2v) is 6.43. The SMILES string of the molecule is CC[C@@H](C(=O)NC)N(Cc1ccc(F)cc1)C(=O)Cc1ccc(Cl)cc1. The van der Waals surface area contributed by atoms with Crippen LogP contribution in [0.2, 0.25) is 5.02 Å². The van der Waals surface area contributed by atoms with E-state index in [1.54, 1.807) is 48.3 Å². The van der Waals surface area contributed by atoms with Gasteiger partial charge in [0.15, 0.2) is 0 Å². The van der Waals surface area contributed by atoms with Gasteiger partial charge in [-0.3, -0.25) is 9.59 Å². The summed E-state index contributed by atoms with van der Waals surface area (Å²) in [6, 6.07) is 12.4. The van der Waals surface area contributed by atoms with Crippen LogP contribution in [0.15, 0.2) is 48.5 Å². The summed E-state index contributed by atoms with van der Waals surface area (Å²) in [6.45, 7) is 2.09. The predicted octanol–water partition coefficient (Wildman–Crippen LogP) is 3.58. The second-order valence-electron chi connectivity index (χ2n) is 5.99. The monoisotopic (exact) mass is 376 g/mol. The molecule has 0 aromatic heterocycles. The molecule has 2 aromatic carbocycles. The number of benzene rings is 2. The maximum atomic E-state index is 13.2. The van der Waals surface area contributed by atoms with Crippen molar-refractivity contribution in [2.24, 2.45) is 0 Å². The molecule has 1 atom stereocenters. The maximum absolute atomic E-state index is 13.2. The topological polar surface area (TPSA) is 49.4 Å². The van der Waals surface area contributed by atoms with Crippen LogP contribution in [-0.2, 0) is 22.6 Å². The molecule has 0 saturated carbocycles. The van der Waals surface area contributed by atoms with E-state index in [4.69, 9.17) is 11.6 Å². The zero-order valence-corrected chi connectivity index (χ0v) is 15.6. The minimum absolute atomic E-state index is 0.159.